The number of ether oxygens (including phenoxy) is 4. The lowest BCUT2D eigenvalue weighted by Gasteiger charge is -2.31. The highest BCUT2D eigenvalue weighted by atomic mass is 16.7. The van der Waals surface area contributed by atoms with Gasteiger partial charge in [-0.3, -0.25) is 0 Å². The van der Waals surface area contributed by atoms with Crippen LogP contribution < -0.4 is 0 Å². The molecule has 1 aliphatic heterocycles. The van der Waals surface area contributed by atoms with Crippen molar-refractivity contribution >= 4 is 0 Å². The third-order valence-corrected chi connectivity index (χ3v) is 4.32. The molecule has 2 aromatic rings. The summed E-state index contributed by atoms with van der Waals surface area (Å²) in [6.07, 6.45) is 4.21. The number of methoxy groups -OCH3 is 1. The van der Waals surface area contributed by atoms with Gasteiger partial charge in [0, 0.05) is 7.11 Å². The van der Waals surface area contributed by atoms with Gasteiger partial charge in [0.15, 0.2) is 6.29 Å². The molecule has 138 valence electrons. The summed E-state index contributed by atoms with van der Waals surface area (Å²) in [4.78, 5) is 0. The van der Waals surface area contributed by atoms with Gasteiger partial charge in [0.25, 0.3) is 0 Å². The van der Waals surface area contributed by atoms with Crippen molar-refractivity contribution in [3.8, 4) is 0 Å². The van der Waals surface area contributed by atoms with Crippen molar-refractivity contribution in [2.75, 3.05) is 13.7 Å². The Morgan fingerprint density at radius 2 is 1.62 bits per heavy atom. The lowest BCUT2D eigenvalue weighted by molar-refractivity contribution is -0.183. The van der Waals surface area contributed by atoms with Crippen LogP contribution in [0, 0.1) is 0 Å². The first kappa shape index (κ1) is 18.8. The summed E-state index contributed by atoms with van der Waals surface area (Å²) < 4.78 is 23.4. The van der Waals surface area contributed by atoms with E-state index in [9.17, 15) is 0 Å². The van der Waals surface area contributed by atoms with E-state index in [1.807, 2.05) is 42.5 Å². The largest absolute Gasteiger partial charge is 0.374 e. The van der Waals surface area contributed by atoms with Crippen LogP contribution in [-0.4, -0.2) is 32.2 Å². The van der Waals surface area contributed by atoms with Crippen LogP contribution >= 0.6 is 0 Å². The van der Waals surface area contributed by atoms with Crippen molar-refractivity contribution in [2.24, 2.45) is 0 Å². The minimum absolute atomic E-state index is 0.0931. The molecule has 0 bridgehead atoms. The standard InChI is InChI=1S/C22H26O4/c1-23-22-14-8-13-20(26-22)21(25-16-19-11-6-3-7-12-19)17-24-15-18-9-4-2-5-10-18/h2-12,14,20-22H,13,15-17H2,1H3. The lowest BCUT2D eigenvalue weighted by Crippen LogP contribution is -2.39. The summed E-state index contributed by atoms with van der Waals surface area (Å²) >= 11 is 0. The van der Waals surface area contributed by atoms with Crippen molar-refractivity contribution in [1.82, 2.24) is 0 Å². The van der Waals surface area contributed by atoms with Crippen LogP contribution in [-0.2, 0) is 32.2 Å². The third-order valence-electron chi connectivity index (χ3n) is 4.32. The molecule has 0 radical (unpaired) electrons. The molecule has 2 aromatic carbocycles. The van der Waals surface area contributed by atoms with E-state index in [1.54, 1.807) is 7.11 Å². The average molecular weight is 354 g/mol. The van der Waals surface area contributed by atoms with E-state index in [0.29, 0.717) is 19.8 Å². The normalized spacial score (nSPS) is 20.8. The summed E-state index contributed by atoms with van der Waals surface area (Å²) in [5.74, 6) is 0. The van der Waals surface area contributed by atoms with Crippen molar-refractivity contribution in [3.63, 3.8) is 0 Å². The molecule has 3 unspecified atom stereocenters. The summed E-state index contributed by atoms with van der Waals surface area (Å²) in [6.45, 7) is 1.56. The van der Waals surface area contributed by atoms with Gasteiger partial charge in [-0.15, -0.1) is 0 Å². The van der Waals surface area contributed by atoms with Crippen LogP contribution in [0.25, 0.3) is 0 Å². The van der Waals surface area contributed by atoms with E-state index >= 15 is 0 Å². The lowest BCUT2D eigenvalue weighted by atomic mass is 10.1. The molecule has 1 aliphatic rings. The maximum absolute atomic E-state index is 6.16. The van der Waals surface area contributed by atoms with Crippen molar-refractivity contribution in [3.05, 3.63) is 83.9 Å². The van der Waals surface area contributed by atoms with Crippen LogP contribution in [0.15, 0.2) is 72.8 Å². The second-order valence-corrected chi connectivity index (χ2v) is 6.28. The molecule has 0 saturated carbocycles. The second kappa shape index (κ2) is 10.2. The Balaban J connectivity index is 1.58. The van der Waals surface area contributed by atoms with E-state index < -0.39 is 0 Å². The average Bonchev–Trinajstić information content (AvgIpc) is 2.72. The van der Waals surface area contributed by atoms with Gasteiger partial charge in [0.1, 0.15) is 6.10 Å². The molecule has 4 heteroatoms. The molecule has 0 N–H and O–H groups in total. The Morgan fingerprint density at radius 3 is 2.27 bits per heavy atom. The first-order valence-electron chi connectivity index (χ1n) is 8.97. The maximum atomic E-state index is 6.16. The minimum atomic E-state index is -0.328. The van der Waals surface area contributed by atoms with Gasteiger partial charge in [-0.25, -0.2) is 0 Å². The van der Waals surface area contributed by atoms with E-state index in [-0.39, 0.29) is 18.5 Å². The first-order valence-corrected chi connectivity index (χ1v) is 8.97. The molecular weight excluding hydrogens is 328 g/mol. The second-order valence-electron chi connectivity index (χ2n) is 6.28. The van der Waals surface area contributed by atoms with E-state index in [2.05, 4.69) is 30.3 Å². The molecular formula is C22H26O4. The van der Waals surface area contributed by atoms with Crippen LogP contribution in [0.2, 0.25) is 0 Å². The molecule has 0 fully saturated rings. The molecule has 0 saturated heterocycles. The van der Waals surface area contributed by atoms with Gasteiger partial charge < -0.3 is 18.9 Å². The molecule has 0 spiro atoms. The Hall–Kier alpha value is -1.98. The predicted molar refractivity (Wildman–Crippen MR) is 101 cm³/mol. The predicted octanol–water partition coefficient (Wildman–Crippen LogP) is 4.11. The fraction of sp³-hybridized carbons (Fsp3) is 0.364. The van der Waals surface area contributed by atoms with Crippen LogP contribution in [0.3, 0.4) is 0 Å². The van der Waals surface area contributed by atoms with Gasteiger partial charge in [-0.1, -0.05) is 66.7 Å². The highest BCUT2D eigenvalue weighted by Crippen LogP contribution is 2.20. The number of hydrogen-bond donors (Lipinski definition) is 0. The summed E-state index contributed by atoms with van der Waals surface area (Å²) in [7, 11) is 1.64. The van der Waals surface area contributed by atoms with Gasteiger partial charge in [-0.05, 0) is 23.6 Å². The quantitative estimate of drug-likeness (QED) is 0.635. The molecule has 0 aliphatic carbocycles. The van der Waals surface area contributed by atoms with Crippen molar-refractivity contribution in [2.45, 2.75) is 38.1 Å². The fourth-order valence-corrected chi connectivity index (χ4v) is 2.88. The van der Waals surface area contributed by atoms with E-state index in [0.717, 1.165) is 17.5 Å². The smallest absolute Gasteiger partial charge is 0.176 e. The molecule has 3 rings (SSSR count). The topological polar surface area (TPSA) is 36.9 Å². The molecule has 0 amide bonds. The van der Waals surface area contributed by atoms with Crippen molar-refractivity contribution < 1.29 is 18.9 Å². The first-order chi connectivity index (χ1) is 12.8. The Labute approximate surface area is 155 Å². The zero-order valence-corrected chi connectivity index (χ0v) is 15.1. The zero-order chi connectivity index (χ0) is 18.0. The molecule has 1 heterocycles. The summed E-state index contributed by atoms with van der Waals surface area (Å²) in [5.41, 5.74) is 2.28. The molecule has 0 aromatic heterocycles. The van der Waals surface area contributed by atoms with Crippen LogP contribution in [0.1, 0.15) is 17.5 Å². The van der Waals surface area contributed by atoms with Crippen molar-refractivity contribution in [1.29, 1.82) is 0 Å². The summed E-state index contributed by atoms with van der Waals surface area (Å²) in [6, 6.07) is 20.3. The molecule has 26 heavy (non-hydrogen) atoms. The van der Waals surface area contributed by atoms with E-state index in [4.69, 9.17) is 18.9 Å². The highest BCUT2D eigenvalue weighted by molar-refractivity contribution is 5.14. The monoisotopic (exact) mass is 354 g/mol. The van der Waals surface area contributed by atoms with Gasteiger partial charge in [0.2, 0.25) is 0 Å². The molecule has 4 nitrogen and oxygen atoms in total. The van der Waals surface area contributed by atoms with E-state index in [1.165, 1.54) is 0 Å². The molecule has 3 atom stereocenters. The fourth-order valence-electron chi connectivity index (χ4n) is 2.88. The van der Waals surface area contributed by atoms with Crippen LogP contribution in [0.4, 0.5) is 0 Å². The Kier molecular flexibility index (Phi) is 7.40. The van der Waals surface area contributed by atoms with Crippen LogP contribution in [0.5, 0.6) is 0 Å². The summed E-state index contributed by atoms with van der Waals surface area (Å²) in [5, 5.41) is 0. The minimum Gasteiger partial charge on any atom is -0.374 e. The van der Waals surface area contributed by atoms with Gasteiger partial charge in [0.05, 0.1) is 25.9 Å². The highest BCUT2D eigenvalue weighted by Gasteiger charge is 2.27. The maximum Gasteiger partial charge on any atom is 0.176 e. The number of hydrogen-bond acceptors (Lipinski definition) is 4. The Morgan fingerprint density at radius 1 is 0.962 bits per heavy atom. The third kappa shape index (κ3) is 5.78. The van der Waals surface area contributed by atoms with Gasteiger partial charge >= 0.3 is 0 Å². The number of benzene rings is 2. The Bertz CT molecular complexity index is 656. The SMILES string of the molecule is COC1C=CCC(C(COCc2ccccc2)OCc2ccccc2)O1. The van der Waals surface area contributed by atoms with Gasteiger partial charge in [-0.2, -0.15) is 0 Å². The number of rotatable bonds is 9. The zero-order valence-electron chi connectivity index (χ0n) is 15.1.